The molecular formula is C13H12ClN3O. The molecule has 1 heterocycles. The van der Waals surface area contributed by atoms with E-state index in [2.05, 4.69) is 15.3 Å². The van der Waals surface area contributed by atoms with Gasteiger partial charge in [-0.2, -0.15) is 0 Å². The van der Waals surface area contributed by atoms with Gasteiger partial charge in [0.2, 0.25) is 0 Å². The number of aromatic nitrogens is 2. The Hall–Kier alpha value is -1.94. The number of aryl methyl sites for hydroxylation is 2. The van der Waals surface area contributed by atoms with Crippen LogP contribution >= 0.6 is 11.6 Å². The fourth-order valence-corrected chi connectivity index (χ4v) is 1.80. The molecule has 0 aliphatic heterocycles. The lowest BCUT2D eigenvalue weighted by Gasteiger charge is -2.09. The molecule has 0 saturated heterocycles. The molecule has 0 unspecified atom stereocenters. The smallest absolute Gasteiger partial charge is 0.259 e. The molecule has 1 aromatic carbocycles. The van der Waals surface area contributed by atoms with Crippen molar-refractivity contribution in [3.8, 4) is 0 Å². The topological polar surface area (TPSA) is 54.9 Å². The molecule has 0 radical (unpaired) electrons. The first-order valence-electron chi connectivity index (χ1n) is 5.42. The molecule has 0 saturated carbocycles. The van der Waals surface area contributed by atoms with Crippen molar-refractivity contribution >= 4 is 23.2 Å². The van der Waals surface area contributed by atoms with Gasteiger partial charge in [0, 0.05) is 16.9 Å². The molecule has 1 amide bonds. The van der Waals surface area contributed by atoms with E-state index in [4.69, 9.17) is 11.6 Å². The maximum absolute atomic E-state index is 12.0. The summed E-state index contributed by atoms with van der Waals surface area (Å²) >= 11 is 5.86. The second-order valence-corrected chi connectivity index (χ2v) is 4.37. The van der Waals surface area contributed by atoms with Gasteiger partial charge >= 0.3 is 0 Å². The van der Waals surface area contributed by atoms with Crippen LogP contribution in [0.4, 0.5) is 5.69 Å². The molecule has 4 nitrogen and oxygen atoms in total. The SMILES string of the molecule is Cc1cc(Cl)ccc1NC(=O)c1cncnc1C. The number of hydrogen-bond acceptors (Lipinski definition) is 3. The summed E-state index contributed by atoms with van der Waals surface area (Å²) in [6.45, 7) is 3.65. The van der Waals surface area contributed by atoms with Crippen molar-refractivity contribution in [2.75, 3.05) is 5.32 Å². The van der Waals surface area contributed by atoms with E-state index in [-0.39, 0.29) is 5.91 Å². The zero-order valence-corrected chi connectivity index (χ0v) is 10.8. The van der Waals surface area contributed by atoms with E-state index in [1.165, 1.54) is 12.5 Å². The Morgan fingerprint density at radius 2 is 2.11 bits per heavy atom. The highest BCUT2D eigenvalue weighted by Crippen LogP contribution is 2.20. The number of benzene rings is 1. The second-order valence-electron chi connectivity index (χ2n) is 3.94. The fourth-order valence-electron chi connectivity index (χ4n) is 1.57. The van der Waals surface area contributed by atoms with Crippen molar-refractivity contribution in [2.45, 2.75) is 13.8 Å². The summed E-state index contributed by atoms with van der Waals surface area (Å²) < 4.78 is 0. The van der Waals surface area contributed by atoms with Crippen molar-refractivity contribution in [3.05, 3.63) is 52.6 Å². The normalized spacial score (nSPS) is 10.2. The first kappa shape index (κ1) is 12.5. The standard InChI is InChI=1S/C13H12ClN3O/c1-8-5-10(14)3-4-12(8)17-13(18)11-6-15-7-16-9(11)2/h3-7H,1-2H3,(H,17,18). The fraction of sp³-hybridized carbons (Fsp3) is 0.154. The Labute approximate surface area is 110 Å². The third kappa shape index (κ3) is 2.65. The number of hydrogen-bond donors (Lipinski definition) is 1. The molecule has 5 heteroatoms. The number of carbonyl (C=O) groups is 1. The van der Waals surface area contributed by atoms with Crippen LogP contribution < -0.4 is 5.32 Å². The Bertz CT molecular complexity index is 599. The number of nitrogens with one attached hydrogen (secondary N) is 1. The number of nitrogens with zero attached hydrogens (tertiary/aromatic N) is 2. The van der Waals surface area contributed by atoms with Gasteiger partial charge in [0.25, 0.3) is 5.91 Å². The van der Waals surface area contributed by atoms with Crippen molar-refractivity contribution in [3.63, 3.8) is 0 Å². The van der Waals surface area contributed by atoms with Crippen molar-refractivity contribution in [1.82, 2.24) is 9.97 Å². The number of rotatable bonds is 2. The Morgan fingerprint density at radius 1 is 1.33 bits per heavy atom. The average molecular weight is 262 g/mol. The molecule has 1 N–H and O–H groups in total. The first-order valence-corrected chi connectivity index (χ1v) is 5.80. The summed E-state index contributed by atoms with van der Waals surface area (Å²) in [6, 6.07) is 5.30. The summed E-state index contributed by atoms with van der Waals surface area (Å²) in [4.78, 5) is 19.9. The van der Waals surface area contributed by atoms with Crippen LogP contribution in [0.15, 0.2) is 30.7 Å². The molecule has 0 bridgehead atoms. The van der Waals surface area contributed by atoms with Gasteiger partial charge in [-0.15, -0.1) is 0 Å². The maximum Gasteiger partial charge on any atom is 0.259 e. The number of anilines is 1. The second kappa shape index (κ2) is 5.14. The van der Waals surface area contributed by atoms with Gasteiger partial charge in [-0.1, -0.05) is 11.6 Å². The lowest BCUT2D eigenvalue weighted by Crippen LogP contribution is -2.15. The predicted molar refractivity (Wildman–Crippen MR) is 70.9 cm³/mol. The lowest BCUT2D eigenvalue weighted by molar-refractivity contribution is 0.102. The molecule has 0 aliphatic carbocycles. The largest absolute Gasteiger partial charge is 0.322 e. The quantitative estimate of drug-likeness (QED) is 0.904. The molecule has 1 aromatic heterocycles. The van der Waals surface area contributed by atoms with Crippen LogP contribution in [-0.4, -0.2) is 15.9 Å². The molecular weight excluding hydrogens is 250 g/mol. The van der Waals surface area contributed by atoms with Crippen LogP contribution in [0.2, 0.25) is 5.02 Å². The molecule has 0 fully saturated rings. The Balaban J connectivity index is 2.24. The van der Waals surface area contributed by atoms with Gasteiger partial charge in [-0.25, -0.2) is 9.97 Å². The van der Waals surface area contributed by atoms with Gasteiger partial charge in [0.15, 0.2) is 0 Å². The van der Waals surface area contributed by atoms with Crippen LogP contribution in [0.5, 0.6) is 0 Å². The van der Waals surface area contributed by atoms with E-state index in [1.807, 2.05) is 6.92 Å². The van der Waals surface area contributed by atoms with E-state index < -0.39 is 0 Å². The zero-order chi connectivity index (χ0) is 13.1. The Kier molecular flexibility index (Phi) is 3.58. The van der Waals surface area contributed by atoms with Gasteiger partial charge in [-0.3, -0.25) is 4.79 Å². The first-order chi connectivity index (χ1) is 8.58. The highest BCUT2D eigenvalue weighted by molar-refractivity contribution is 6.30. The predicted octanol–water partition coefficient (Wildman–Crippen LogP) is 3.00. The van der Waals surface area contributed by atoms with E-state index in [9.17, 15) is 4.79 Å². The number of amides is 1. The van der Waals surface area contributed by atoms with E-state index in [0.29, 0.717) is 16.3 Å². The van der Waals surface area contributed by atoms with Crippen molar-refractivity contribution in [1.29, 1.82) is 0 Å². The highest BCUT2D eigenvalue weighted by Gasteiger charge is 2.11. The molecule has 92 valence electrons. The Morgan fingerprint density at radius 3 is 2.78 bits per heavy atom. The van der Waals surface area contributed by atoms with Crippen LogP contribution in [0.1, 0.15) is 21.6 Å². The van der Waals surface area contributed by atoms with Crippen LogP contribution in [0, 0.1) is 13.8 Å². The summed E-state index contributed by atoms with van der Waals surface area (Å²) in [7, 11) is 0. The summed E-state index contributed by atoms with van der Waals surface area (Å²) in [5.41, 5.74) is 2.75. The van der Waals surface area contributed by atoms with Crippen LogP contribution in [0.25, 0.3) is 0 Å². The summed E-state index contributed by atoms with van der Waals surface area (Å²) in [5.74, 6) is -0.224. The average Bonchev–Trinajstić information content (AvgIpc) is 2.33. The summed E-state index contributed by atoms with van der Waals surface area (Å²) in [6.07, 6.45) is 2.92. The monoisotopic (exact) mass is 261 g/mol. The minimum absolute atomic E-state index is 0.224. The third-order valence-electron chi connectivity index (χ3n) is 2.59. The molecule has 0 atom stereocenters. The van der Waals surface area contributed by atoms with E-state index in [1.54, 1.807) is 25.1 Å². The third-order valence-corrected chi connectivity index (χ3v) is 2.83. The number of carbonyl (C=O) groups excluding carboxylic acids is 1. The van der Waals surface area contributed by atoms with Gasteiger partial charge in [-0.05, 0) is 37.6 Å². The summed E-state index contributed by atoms with van der Waals surface area (Å²) in [5, 5.41) is 3.46. The minimum Gasteiger partial charge on any atom is -0.322 e. The van der Waals surface area contributed by atoms with Gasteiger partial charge in [0.1, 0.15) is 6.33 Å². The highest BCUT2D eigenvalue weighted by atomic mass is 35.5. The van der Waals surface area contributed by atoms with E-state index in [0.717, 1.165) is 11.3 Å². The minimum atomic E-state index is -0.224. The van der Waals surface area contributed by atoms with Gasteiger partial charge < -0.3 is 5.32 Å². The number of halogens is 1. The lowest BCUT2D eigenvalue weighted by atomic mass is 10.2. The molecule has 0 spiro atoms. The maximum atomic E-state index is 12.0. The molecule has 2 rings (SSSR count). The van der Waals surface area contributed by atoms with Gasteiger partial charge in [0.05, 0.1) is 11.3 Å². The van der Waals surface area contributed by atoms with Crippen molar-refractivity contribution in [2.24, 2.45) is 0 Å². The van der Waals surface area contributed by atoms with Crippen LogP contribution in [-0.2, 0) is 0 Å². The van der Waals surface area contributed by atoms with Crippen molar-refractivity contribution < 1.29 is 4.79 Å². The van der Waals surface area contributed by atoms with Crippen LogP contribution in [0.3, 0.4) is 0 Å². The zero-order valence-electron chi connectivity index (χ0n) is 10.1. The molecule has 2 aromatic rings. The molecule has 18 heavy (non-hydrogen) atoms. The molecule has 0 aliphatic rings. The van der Waals surface area contributed by atoms with E-state index >= 15 is 0 Å².